The normalized spacial score (nSPS) is 12.1. The third-order valence-corrected chi connectivity index (χ3v) is 2.88. The number of ether oxygens (including phenoxy) is 2. The predicted octanol–water partition coefficient (Wildman–Crippen LogP) is 1.89. The minimum atomic E-state index is -0.650. The van der Waals surface area contributed by atoms with E-state index in [-0.39, 0.29) is 0 Å². The number of rotatable bonds is 6. The summed E-state index contributed by atoms with van der Waals surface area (Å²) in [6.07, 6.45) is 2.15. The minimum Gasteiger partial charge on any atom is -0.493 e. The molecule has 0 fully saturated rings. The lowest BCUT2D eigenvalue weighted by molar-refractivity contribution is -0.145. The SMILES string of the molecule is CCOC(=O)C(N)CCOc1cccc2ncccc12. The third-order valence-electron chi connectivity index (χ3n) is 2.88. The first-order valence-corrected chi connectivity index (χ1v) is 6.61. The summed E-state index contributed by atoms with van der Waals surface area (Å²) in [7, 11) is 0. The molecule has 1 aromatic heterocycles. The predicted molar refractivity (Wildman–Crippen MR) is 76.5 cm³/mol. The monoisotopic (exact) mass is 274 g/mol. The van der Waals surface area contributed by atoms with Crippen molar-refractivity contribution in [2.75, 3.05) is 13.2 Å². The molecule has 1 heterocycles. The molecule has 0 saturated carbocycles. The van der Waals surface area contributed by atoms with E-state index in [9.17, 15) is 4.79 Å². The summed E-state index contributed by atoms with van der Waals surface area (Å²) < 4.78 is 10.5. The molecule has 2 rings (SSSR count). The molecule has 0 spiro atoms. The van der Waals surface area contributed by atoms with E-state index >= 15 is 0 Å². The number of nitrogens with two attached hydrogens (primary N) is 1. The van der Waals surface area contributed by atoms with Crippen LogP contribution in [0.3, 0.4) is 0 Å². The molecular weight excluding hydrogens is 256 g/mol. The molecule has 20 heavy (non-hydrogen) atoms. The number of esters is 1. The maximum absolute atomic E-state index is 11.4. The van der Waals surface area contributed by atoms with Crippen molar-refractivity contribution in [1.82, 2.24) is 4.98 Å². The number of fused-ring (bicyclic) bond motifs is 1. The van der Waals surface area contributed by atoms with Gasteiger partial charge < -0.3 is 15.2 Å². The van der Waals surface area contributed by atoms with Crippen LogP contribution in [0.15, 0.2) is 36.5 Å². The van der Waals surface area contributed by atoms with E-state index in [0.29, 0.717) is 19.6 Å². The van der Waals surface area contributed by atoms with E-state index in [1.807, 2.05) is 30.3 Å². The van der Waals surface area contributed by atoms with E-state index in [0.717, 1.165) is 16.7 Å². The summed E-state index contributed by atoms with van der Waals surface area (Å²) in [6.45, 7) is 2.45. The second kappa shape index (κ2) is 6.86. The first-order valence-electron chi connectivity index (χ1n) is 6.61. The molecule has 0 aliphatic rings. The van der Waals surface area contributed by atoms with Gasteiger partial charge in [-0.25, -0.2) is 0 Å². The first kappa shape index (κ1) is 14.3. The topological polar surface area (TPSA) is 74.4 Å². The Bertz CT molecular complexity index is 581. The lowest BCUT2D eigenvalue weighted by Crippen LogP contribution is -2.33. The maximum atomic E-state index is 11.4. The number of aromatic nitrogens is 1. The lowest BCUT2D eigenvalue weighted by Gasteiger charge is -2.12. The Morgan fingerprint density at radius 2 is 2.20 bits per heavy atom. The number of hydrogen-bond acceptors (Lipinski definition) is 5. The summed E-state index contributed by atoms with van der Waals surface area (Å²) >= 11 is 0. The molecular formula is C15H18N2O3. The van der Waals surface area contributed by atoms with Crippen LogP contribution in [-0.2, 0) is 9.53 Å². The molecule has 0 bridgehead atoms. The first-order chi connectivity index (χ1) is 9.72. The van der Waals surface area contributed by atoms with Gasteiger partial charge in [-0.2, -0.15) is 0 Å². The highest BCUT2D eigenvalue weighted by molar-refractivity contribution is 5.84. The fourth-order valence-electron chi connectivity index (χ4n) is 1.86. The van der Waals surface area contributed by atoms with Crippen LogP contribution in [0.1, 0.15) is 13.3 Å². The van der Waals surface area contributed by atoms with Crippen molar-refractivity contribution in [3.8, 4) is 5.75 Å². The van der Waals surface area contributed by atoms with Crippen molar-refractivity contribution in [3.05, 3.63) is 36.5 Å². The number of benzene rings is 1. The average Bonchev–Trinajstić information content (AvgIpc) is 2.47. The number of pyridine rings is 1. The van der Waals surface area contributed by atoms with Crippen LogP contribution in [0.5, 0.6) is 5.75 Å². The molecule has 2 aromatic rings. The van der Waals surface area contributed by atoms with Gasteiger partial charge in [-0.05, 0) is 31.2 Å². The van der Waals surface area contributed by atoms with Crippen molar-refractivity contribution in [3.63, 3.8) is 0 Å². The average molecular weight is 274 g/mol. The Morgan fingerprint density at radius 1 is 1.35 bits per heavy atom. The summed E-state index contributed by atoms with van der Waals surface area (Å²) in [4.78, 5) is 15.6. The third kappa shape index (κ3) is 3.45. The van der Waals surface area contributed by atoms with Crippen molar-refractivity contribution >= 4 is 16.9 Å². The van der Waals surface area contributed by atoms with Gasteiger partial charge in [-0.1, -0.05) is 6.07 Å². The Kier molecular flexibility index (Phi) is 4.90. The van der Waals surface area contributed by atoms with Crippen LogP contribution in [0, 0.1) is 0 Å². The van der Waals surface area contributed by atoms with Gasteiger partial charge in [-0.15, -0.1) is 0 Å². The smallest absolute Gasteiger partial charge is 0.323 e. The number of hydrogen-bond donors (Lipinski definition) is 1. The largest absolute Gasteiger partial charge is 0.493 e. The van der Waals surface area contributed by atoms with Gasteiger partial charge in [0.25, 0.3) is 0 Å². The maximum Gasteiger partial charge on any atom is 0.323 e. The van der Waals surface area contributed by atoms with E-state index in [1.165, 1.54) is 0 Å². The molecule has 0 saturated heterocycles. The summed E-state index contributed by atoms with van der Waals surface area (Å²) in [5.41, 5.74) is 6.59. The highest BCUT2D eigenvalue weighted by atomic mass is 16.5. The van der Waals surface area contributed by atoms with Crippen molar-refractivity contribution < 1.29 is 14.3 Å². The zero-order valence-electron chi connectivity index (χ0n) is 11.4. The lowest BCUT2D eigenvalue weighted by atomic mass is 10.2. The molecule has 1 unspecified atom stereocenters. The zero-order chi connectivity index (χ0) is 14.4. The van der Waals surface area contributed by atoms with Crippen LogP contribution >= 0.6 is 0 Å². The van der Waals surface area contributed by atoms with Gasteiger partial charge in [0.2, 0.25) is 0 Å². The van der Waals surface area contributed by atoms with Crippen LogP contribution in [-0.4, -0.2) is 30.2 Å². The van der Waals surface area contributed by atoms with Gasteiger partial charge in [0.15, 0.2) is 0 Å². The van der Waals surface area contributed by atoms with Crippen molar-refractivity contribution in [1.29, 1.82) is 0 Å². The van der Waals surface area contributed by atoms with Gasteiger partial charge in [-0.3, -0.25) is 9.78 Å². The molecule has 0 radical (unpaired) electrons. The van der Waals surface area contributed by atoms with E-state index in [2.05, 4.69) is 4.98 Å². The molecule has 2 N–H and O–H groups in total. The Morgan fingerprint density at radius 3 is 3.00 bits per heavy atom. The fourth-order valence-corrected chi connectivity index (χ4v) is 1.86. The Labute approximate surface area is 117 Å². The minimum absolute atomic E-state index is 0.336. The molecule has 5 heteroatoms. The van der Waals surface area contributed by atoms with E-state index in [1.54, 1.807) is 13.1 Å². The van der Waals surface area contributed by atoms with E-state index in [4.69, 9.17) is 15.2 Å². The van der Waals surface area contributed by atoms with Gasteiger partial charge in [0, 0.05) is 18.0 Å². The van der Waals surface area contributed by atoms with Gasteiger partial charge >= 0.3 is 5.97 Å². The molecule has 5 nitrogen and oxygen atoms in total. The molecule has 1 atom stereocenters. The highest BCUT2D eigenvalue weighted by Crippen LogP contribution is 2.23. The van der Waals surface area contributed by atoms with Crippen LogP contribution in [0.25, 0.3) is 10.9 Å². The van der Waals surface area contributed by atoms with Crippen LogP contribution < -0.4 is 10.5 Å². The Balaban J connectivity index is 1.95. The highest BCUT2D eigenvalue weighted by Gasteiger charge is 2.14. The number of carbonyl (C=O) groups is 1. The molecule has 1 aromatic carbocycles. The summed E-state index contributed by atoms with van der Waals surface area (Å²) in [5.74, 6) is 0.349. The van der Waals surface area contributed by atoms with Crippen molar-refractivity contribution in [2.24, 2.45) is 5.73 Å². The van der Waals surface area contributed by atoms with E-state index < -0.39 is 12.0 Å². The zero-order valence-corrected chi connectivity index (χ0v) is 11.4. The molecule has 0 aliphatic heterocycles. The molecule has 0 amide bonds. The van der Waals surface area contributed by atoms with Crippen LogP contribution in [0.2, 0.25) is 0 Å². The second-order valence-electron chi connectivity index (χ2n) is 4.32. The quantitative estimate of drug-likeness (QED) is 0.814. The molecule has 0 aliphatic carbocycles. The molecule has 106 valence electrons. The van der Waals surface area contributed by atoms with Gasteiger partial charge in [0.1, 0.15) is 11.8 Å². The Hall–Kier alpha value is -2.14. The number of carbonyl (C=O) groups excluding carboxylic acids is 1. The van der Waals surface area contributed by atoms with Gasteiger partial charge in [0.05, 0.1) is 18.7 Å². The second-order valence-corrected chi connectivity index (χ2v) is 4.32. The summed E-state index contributed by atoms with van der Waals surface area (Å²) in [5, 5.41) is 0.944. The van der Waals surface area contributed by atoms with Crippen LogP contribution in [0.4, 0.5) is 0 Å². The summed E-state index contributed by atoms with van der Waals surface area (Å²) in [6, 6.07) is 8.84. The number of nitrogens with zero attached hydrogens (tertiary/aromatic N) is 1. The standard InChI is InChI=1S/C15H18N2O3/c1-2-19-15(18)12(16)8-10-20-14-7-3-6-13-11(14)5-4-9-17-13/h3-7,9,12H,2,8,10,16H2,1H3. The fraction of sp³-hybridized carbons (Fsp3) is 0.333. The van der Waals surface area contributed by atoms with Crippen molar-refractivity contribution in [2.45, 2.75) is 19.4 Å².